The summed E-state index contributed by atoms with van der Waals surface area (Å²) in [5.74, 6) is 3.72. The van der Waals surface area contributed by atoms with E-state index in [0.717, 1.165) is 23.7 Å². The molecule has 0 aromatic carbocycles. The van der Waals surface area contributed by atoms with Crippen molar-refractivity contribution >= 4 is 0 Å². The zero-order valence-corrected chi connectivity index (χ0v) is 13.8. The summed E-state index contributed by atoms with van der Waals surface area (Å²) in [5.41, 5.74) is 5.86. The van der Waals surface area contributed by atoms with Crippen LogP contribution in [0.25, 0.3) is 0 Å². The van der Waals surface area contributed by atoms with E-state index in [-0.39, 0.29) is 0 Å². The molecule has 0 aliphatic heterocycles. The van der Waals surface area contributed by atoms with Crippen molar-refractivity contribution in [1.29, 1.82) is 0 Å². The Balaban J connectivity index is 2.34. The van der Waals surface area contributed by atoms with Crippen molar-refractivity contribution in [2.24, 2.45) is 29.4 Å². The Morgan fingerprint density at radius 1 is 0.947 bits per heavy atom. The third-order valence-corrected chi connectivity index (χ3v) is 5.45. The SMILES string of the molecule is CC(N)CCCC1CCCCC(C(C)C(C)C)CC1. The van der Waals surface area contributed by atoms with Crippen LogP contribution in [0.4, 0.5) is 0 Å². The molecule has 0 radical (unpaired) electrons. The van der Waals surface area contributed by atoms with E-state index in [2.05, 4.69) is 27.7 Å². The fraction of sp³-hybridized carbons (Fsp3) is 1.00. The third-order valence-electron chi connectivity index (χ3n) is 5.45. The maximum absolute atomic E-state index is 5.86. The van der Waals surface area contributed by atoms with Gasteiger partial charge in [0.25, 0.3) is 0 Å². The molecule has 4 atom stereocenters. The Labute approximate surface area is 121 Å². The molecule has 19 heavy (non-hydrogen) atoms. The normalized spacial score (nSPS) is 28.7. The Kier molecular flexibility index (Phi) is 8.06. The highest BCUT2D eigenvalue weighted by molar-refractivity contribution is 4.74. The smallest absolute Gasteiger partial charge is 0.00104 e. The molecule has 0 saturated heterocycles. The van der Waals surface area contributed by atoms with Crippen molar-refractivity contribution in [3.05, 3.63) is 0 Å². The summed E-state index contributed by atoms with van der Waals surface area (Å²) in [5, 5.41) is 0. The summed E-state index contributed by atoms with van der Waals surface area (Å²) in [6.07, 6.45) is 12.8. The van der Waals surface area contributed by atoms with Crippen LogP contribution in [0.1, 0.15) is 85.5 Å². The van der Waals surface area contributed by atoms with Gasteiger partial charge < -0.3 is 5.73 Å². The molecule has 0 aromatic heterocycles. The van der Waals surface area contributed by atoms with Crippen LogP contribution < -0.4 is 5.73 Å². The molecular formula is C18H37N. The van der Waals surface area contributed by atoms with Gasteiger partial charge in [0.05, 0.1) is 0 Å². The fourth-order valence-corrected chi connectivity index (χ4v) is 3.67. The van der Waals surface area contributed by atoms with Crippen LogP contribution in [0.2, 0.25) is 0 Å². The van der Waals surface area contributed by atoms with Crippen molar-refractivity contribution < 1.29 is 0 Å². The van der Waals surface area contributed by atoms with Crippen LogP contribution in [0.3, 0.4) is 0 Å². The van der Waals surface area contributed by atoms with Gasteiger partial charge in [-0.3, -0.25) is 0 Å². The molecule has 114 valence electrons. The van der Waals surface area contributed by atoms with Crippen LogP contribution in [0, 0.1) is 23.7 Å². The van der Waals surface area contributed by atoms with Gasteiger partial charge in [0.2, 0.25) is 0 Å². The van der Waals surface area contributed by atoms with Crippen molar-refractivity contribution in [3.8, 4) is 0 Å². The van der Waals surface area contributed by atoms with Crippen LogP contribution in [0.5, 0.6) is 0 Å². The van der Waals surface area contributed by atoms with Gasteiger partial charge in [-0.15, -0.1) is 0 Å². The van der Waals surface area contributed by atoms with E-state index >= 15 is 0 Å². The average molecular weight is 268 g/mol. The highest BCUT2D eigenvalue weighted by Gasteiger charge is 2.23. The molecule has 0 spiro atoms. The lowest BCUT2D eigenvalue weighted by Crippen LogP contribution is -2.20. The lowest BCUT2D eigenvalue weighted by Gasteiger charge is -2.31. The van der Waals surface area contributed by atoms with E-state index in [1.807, 2.05) is 0 Å². The van der Waals surface area contributed by atoms with Gasteiger partial charge in [0, 0.05) is 6.04 Å². The molecule has 4 unspecified atom stereocenters. The molecule has 1 rings (SSSR count). The fourth-order valence-electron chi connectivity index (χ4n) is 3.67. The van der Waals surface area contributed by atoms with Crippen molar-refractivity contribution in [3.63, 3.8) is 0 Å². The zero-order valence-electron chi connectivity index (χ0n) is 13.8. The molecule has 0 bridgehead atoms. The van der Waals surface area contributed by atoms with E-state index in [1.54, 1.807) is 0 Å². The van der Waals surface area contributed by atoms with E-state index in [0.29, 0.717) is 6.04 Å². The highest BCUT2D eigenvalue weighted by Crippen LogP contribution is 2.35. The number of hydrogen-bond acceptors (Lipinski definition) is 1. The summed E-state index contributed by atoms with van der Waals surface area (Å²) in [6, 6.07) is 0.391. The van der Waals surface area contributed by atoms with Gasteiger partial charge in [-0.05, 0) is 43.4 Å². The topological polar surface area (TPSA) is 26.0 Å². The summed E-state index contributed by atoms with van der Waals surface area (Å²) >= 11 is 0. The van der Waals surface area contributed by atoms with Gasteiger partial charge in [0.15, 0.2) is 0 Å². The van der Waals surface area contributed by atoms with Crippen LogP contribution in [-0.2, 0) is 0 Å². The first kappa shape index (κ1) is 17.0. The molecule has 1 fully saturated rings. The molecule has 0 aromatic rings. The molecule has 1 aliphatic rings. The minimum absolute atomic E-state index is 0.391. The first-order valence-electron chi connectivity index (χ1n) is 8.76. The molecule has 0 amide bonds. The van der Waals surface area contributed by atoms with E-state index in [9.17, 15) is 0 Å². The largest absolute Gasteiger partial charge is 0.328 e. The van der Waals surface area contributed by atoms with Gasteiger partial charge in [0.1, 0.15) is 0 Å². The zero-order chi connectivity index (χ0) is 14.3. The Hall–Kier alpha value is -0.0400. The van der Waals surface area contributed by atoms with Crippen LogP contribution >= 0.6 is 0 Å². The van der Waals surface area contributed by atoms with E-state index in [4.69, 9.17) is 5.73 Å². The number of nitrogens with two attached hydrogens (primary N) is 1. The summed E-state index contributed by atoms with van der Waals surface area (Å²) in [7, 11) is 0. The number of rotatable bonds is 6. The first-order valence-corrected chi connectivity index (χ1v) is 8.76. The van der Waals surface area contributed by atoms with Crippen LogP contribution in [0.15, 0.2) is 0 Å². The van der Waals surface area contributed by atoms with E-state index in [1.165, 1.54) is 57.8 Å². The molecule has 1 nitrogen and oxygen atoms in total. The minimum atomic E-state index is 0.391. The van der Waals surface area contributed by atoms with Gasteiger partial charge in [-0.1, -0.05) is 65.7 Å². The maximum atomic E-state index is 5.86. The lowest BCUT2D eigenvalue weighted by molar-refractivity contribution is 0.203. The molecule has 1 aliphatic carbocycles. The van der Waals surface area contributed by atoms with Gasteiger partial charge in [-0.2, -0.15) is 0 Å². The van der Waals surface area contributed by atoms with E-state index < -0.39 is 0 Å². The average Bonchev–Trinajstić information content (AvgIpc) is 2.31. The standard InChI is InChI=1S/C18H37N/c1-14(2)16(4)18-11-6-5-9-17(12-13-18)10-7-8-15(3)19/h14-18H,5-13,19H2,1-4H3. The Morgan fingerprint density at radius 3 is 2.26 bits per heavy atom. The van der Waals surface area contributed by atoms with Gasteiger partial charge >= 0.3 is 0 Å². The molecule has 1 heteroatoms. The van der Waals surface area contributed by atoms with Gasteiger partial charge in [-0.25, -0.2) is 0 Å². The second-order valence-electron chi connectivity index (χ2n) is 7.50. The summed E-state index contributed by atoms with van der Waals surface area (Å²) in [4.78, 5) is 0. The summed E-state index contributed by atoms with van der Waals surface area (Å²) in [6.45, 7) is 9.40. The minimum Gasteiger partial charge on any atom is -0.328 e. The Bertz CT molecular complexity index is 222. The molecule has 2 N–H and O–H groups in total. The second-order valence-corrected chi connectivity index (χ2v) is 7.50. The van der Waals surface area contributed by atoms with Crippen molar-refractivity contribution in [1.82, 2.24) is 0 Å². The number of hydrogen-bond donors (Lipinski definition) is 1. The summed E-state index contributed by atoms with van der Waals surface area (Å²) < 4.78 is 0. The quantitative estimate of drug-likeness (QED) is 0.686. The molecular weight excluding hydrogens is 230 g/mol. The Morgan fingerprint density at radius 2 is 1.63 bits per heavy atom. The highest BCUT2D eigenvalue weighted by atomic mass is 14.6. The van der Waals surface area contributed by atoms with Crippen molar-refractivity contribution in [2.45, 2.75) is 91.5 Å². The molecule has 0 heterocycles. The van der Waals surface area contributed by atoms with Crippen molar-refractivity contribution in [2.75, 3.05) is 0 Å². The maximum Gasteiger partial charge on any atom is 0.00104 e. The second kappa shape index (κ2) is 9.00. The predicted octanol–water partition coefficient (Wildman–Crippen LogP) is 5.38. The predicted molar refractivity (Wildman–Crippen MR) is 86.2 cm³/mol. The first-order chi connectivity index (χ1) is 9.00. The third kappa shape index (κ3) is 6.79. The molecule has 1 saturated carbocycles. The van der Waals surface area contributed by atoms with Crippen LogP contribution in [-0.4, -0.2) is 6.04 Å². The monoisotopic (exact) mass is 267 g/mol. The lowest BCUT2D eigenvalue weighted by atomic mass is 9.75.